The van der Waals surface area contributed by atoms with Crippen LogP contribution in [0.4, 0.5) is 9.18 Å². The summed E-state index contributed by atoms with van der Waals surface area (Å²) < 4.78 is 23.2. The minimum Gasteiger partial charge on any atom is -0.450 e. The number of primary amides is 1. The standard InChI is InChI=1S/C18H25FN2O4/c19-15-5-2-14(3-6-15)4-7-17(22)21-10-8-16(9-11-21)24-12-1-13-25-18(20)23/h2-3,5-6,16H,1,4,7-13H2,(H2,20,23). The number of aryl methyl sites for hydroxylation is 1. The third-order valence-corrected chi connectivity index (χ3v) is 4.22. The average molecular weight is 352 g/mol. The van der Waals surface area contributed by atoms with Crippen molar-refractivity contribution in [1.29, 1.82) is 0 Å². The molecule has 25 heavy (non-hydrogen) atoms. The van der Waals surface area contributed by atoms with Crippen LogP contribution in [0.2, 0.25) is 0 Å². The molecule has 6 nitrogen and oxygen atoms in total. The molecule has 1 saturated heterocycles. The fourth-order valence-corrected chi connectivity index (χ4v) is 2.81. The number of nitrogens with two attached hydrogens (primary N) is 1. The molecule has 0 saturated carbocycles. The van der Waals surface area contributed by atoms with Crippen LogP contribution in [0.1, 0.15) is 31.2 Å². The number of hydrogen-bond acceptors (Lipinski definition) is 4. The average Bonchev–Trinajstić information content (AvgIpc) is 2.61. The van der Waals surface area contributed by atoms with Crippen molar-refractivity contribution < 1.29 is 23.5 Å². The third-order valence-electron chi connectivity index (χ3n) is 4.22. The van der Waals surface area contributed by atoms with Crippen LogP contribution in [0.5, 0.6) is 0 Å². The molecule has 0 bridgehead atoms. The second-order valence-electron chi connectivity index (χ2n) is 6.10. The summed E-state index contributed by atoms with van der Waals surface area (Å²) in [6.45, 7) is 2.14. The molecule has 1 aliphatic heterocycles. The summed E-state index contributed by atoms with van der Waals surface area (Å²) in [6, 6.07) is 6.25. The number of rotatable bonds is 8. The SMILES string of the molecule is NC(=O)OCCCOC1CCN(C(=O)CCc2ccc(F)cc2)CC1. The van der Waals surface area contributed by atoms with Crippen LogP contribution >= 0.6 is 0 Å². The van der Waals surface area contributed by atoms with Crippen molar-refractivity contribution in [2.24, 2.45) is 5.73 Å². The van der Waals surface area contributed by atoms with Gasteiger partial charge in [0.2, 0.25) is 5.91 Å². The van der Waals surface area contributed by atoms with Crippen LogP contribution in [0.15, 0.2) is 24.3 Å². The molecule has 7 heteroatoms. The molecule has 1 fully saturated rings. The second kappa shape index (κ2) is 9.98. The molecular weight excluding hydrogens is 327 g/mol. The summed E-state index contributed by atoms with van der Waals surface area (Å²) in [4.78, 5) is 24.5. The predicted molar refractivity (Wildman–Crippen MR) is 90.4 cm³/mol. The number of hydrogen-bond donors (Lipinski definition) is 1. The van der Waals surface area contributed by atoms with Gasteiger partial charge in [-0.15, -0.1) is 0 Å². The minimum absolute atomic E-state index is 0.123. The maximum absolute atomic E-state index is 12.9. The summed E-state index contributed by atoms with van der Waals surface area (Å²) in [5.74, 6) is -0.143. The topological polar surface area (TPSA) is 81.9 Å². The molecule has 0 unspecified atom stereocenters. The van der Waals surface area contributed by atoms with Gasteiger partial charge in [-0.1, -0.05) is 12.1 Å². The van der Waals surface area contributed by atoms with Crippen molar-refractivity contribution in [1.82, 2.24) is 4.90 Å². The number of carbonyl (C=O) groups excluding carboxylic acids is 2. The lowest BCUT2D eigenvalue weighted by molar-refractivity contribution is -0.133. The Hall–Kier alpha value is -2.15. The van der Waals surface area contributed by atoms with Crippen molar-refractivity contribution in [3.05, 3.63) is 35.6 Å². The first-order valence-corrected chi connectivity index (χ1v) is 8.60. The van der Waals surface area contributed by atoms with Gasteiger partial charge in [0.05, 0.1) is 19.3 Å². The van der Waals surface area contributed by atoms with E-state index in [2.05, 4.69) is 4.74 Å². The fraction of sp³-hybridized carbons (Fsp3) is 0.556. The van der Waals surface area contributed by atoms with Crippen molar-refractivity contribution in [2.75, 3.05) is 26.3 Å². The molecule has 2 amide bonds. The summed E-state index contributed by atoms with van der Waals surface area (Å²) in [7, 11) is 0. The first-order valence-electron chi connectivity index (χ1n) is 8.60. The summed E-state index contributed by atoms with van der Waals surface area (Å²) in [5.41, 5.74) is 5.84. The van der Waals surface area contributed by atoms with Crippen molar-refractivity contribution in [3.8, 4) is 0 Å². The number of halogens is 1. The lowest BCUT2D eigenvalue weighted by Gasteiger charge is -2.32. The Labute approximate surface area is 147 Å². The van der Waals surface area contributed by atoms with Gasteiger partial charge in [-0.05, 0) is 37.0 Å². The molecule has 0 aromatic heterocycles. The summed E-state index contributed by atoms with van der Waals surface area (Å²) in [6.07, 6.45) is 2.64. The van der Waals surface area contributed by atoms with Crippen molar-refractivity contribution >= 4 is 12.0 Å². The number of piperidine rings is 1. The zero-order chi connectivity index (χ0) is 18.1. The highest BCUT2D eigenvalue weighted by Gasteiger charge is 2.22. The monoisotopic (exact) mass is 352 g/mol. The van der Waals surface area contributed by atoms with E-state index in [0.717, 1.165) is 18.4 Å². The lowest BCUT2D eigenvalue weighted by Crippen LogP contribution is -2.41. The Morgan fingerprint density at radius 2 is 1.84 bits per heavy atom. The van der Waals surface area contributed by atoms with E-state index in [9.17, 15) is 14.0 Å². The van der Waals surface area contributed by atoms with E-state index in [0.29, 0.717) is 39.0 Å². The zero-order valence-corrected chi connectivity index (χ0v) is 14.3. The Kier molecular flexibility index (Phi) is 7.66. The van der Waals surface area contributed by atoms with E-state index >= 15 is 0 Å². The van der Waals surface area contributed by atoms with Crippen molar-refractivity contribution in [2.45, 2.75) is 38.2 Å². The number of ether oxygens (including phenoxy) is 2. The van der Waals surface area contributed by atoms with Gasteiger partial charge in [0.25, 0.3) is 0 Å². The molecule has 2 rings (SSSR count). The minimum atomic E-state index is -0.771. The summed E-state index contributed by atoms with van der Waals surface area (Å²) in [5, 5.41) is 0. The van der Waals surface area contributed by atoms with Crippen molar-refractivity contribution in [3.63, 3.8) is 0 Å². The van der Waals surface area contributed by atoms with Gasteiger partial charge in [-0.3, -0.25) is 4.79 Å². The van der Waals surface area contributed by atoms with E-state index < -0.39 is 6.09 Å². The number of amides is 2. The van der Waals surface area contributed by atoms with Gasteiger partial charge in [0.15, 0.2) is 0 Å². The summed E-state index contributed by atoms with van der Waals surface area (Å²) >= 11 is 0. The predicted octanol–water partition coefficient (Wildman–Crippen LogP) is 2.25. The van der Waals surface area contributed by atoms with Gasteiger partial charge in [0, 0.05) is 25.9 Å². The molecule has 138 valence electrons. The smallest absolute Gasteiger partial charge is 0.404 e. The highest BCUT2D eigenvalue weighted by molar-refractivity contribution is 5.76. The van der Waals surface area contributed by atoms with E-state index in [4.69, 9.17) is 10.5 Å². The molecular formula is C18H25FN2O4. The molecule has 0 spiro atoms. The van der Waals surface area contributed by atoms with Gasteiger partial charge >= 0.3 is 6.09 Å². The second-order valence-corrected chi connectivity index (χ2v) is 6.10. The van der Waals surface area contributed by atoms with E-state index in [1.54, 1.807) is 12.1 Å². The normalized spacial score (nSPS) is 15.2. The number of benzene rings is 1. The largest absolute Gasteiger partial charge is 0.450 e. The Morgan fingerprint density at radius 3 is 2.48 bits per heavy atom. The van der Waals surface area contributed by atoms with Crippen LogP contribution in [-0.2, 0) is 20.7 Å². The molecule has 1 aromatic rings. The first-order chi connectivity index (χ1) is 12.0. The molecule has 2 N–H and O–H groups in total. The van der Waals surface area contributed by atoms with Gasteiger partial charge in [-0.25, -0.2) is 9.18 Å². The quantitative estimate of drug-likeness (QED) is 0.728. The zero-order valence-electron chi connectivity index (χ0n) is 14.3. The van der Waals surface area contributed by atoms with Crippen LogP contribution in [0.3, 0.4) is 0 Å². The highest BCUT2D eigenvalue weighted by atomic mass is 19.1. The highest BCUT2D eigenvalue weighted by Crippen LogP contribution is 2.16. The maximum atomic E-state index is 12.9. The molecule has 0 aliphatic carbocycles. The number of likely N-dealkylation sites (tertiary alicyclic amines) is 1. The molecule has 1 aliphatic rings. The van der Waals surface area contributed by atoms with Crippen LogP contribution in [-0.4, -0.2) is 49.3 Å². The van der Waals surface area contributed by atoms with E-state index in [1.807, 2.05) is 4.90 Å². The van der Waals surface area contributed by atoms with Crippen LogP contribution in [0.25, 0.3) is 0 Å². The number of nitrogens with zero attached hydrogens (tertiary/aromatic N) is 1. The Balaban J connectivity index is 1.59. The molecule has 1 heterocycles. The van der Waals surface area contributed by atoms with E-state index in [1.165, 1.54) is 12.1 Å². The molecule has 0 radical (unpaired) electrons. The van der Waals surface area contributed by atoms with Crippen LogP contribution in [0, 0.1) is 5.82 Å². The number of carbonyl (C=O) groups is 2. The van der Waals surface area contributed by atoms with E-state index in [-0.39, 0.29) is 24.4 Å². The molecule has 0 atom stereocenters. The third kappa shape index (κ3) is 7.09. The van der Waals surface area contributed by atoms with Gasteiger partial charge in [0.1, 0.15) is 5.82 Å². The van der Waals surface area contributed by atoms with Gasteiger partial charge in [-0.2, -0.15) is 0 Å². The lowest BCUT2D eigenvalue weighted by atomic mass is 10.1. The Morgan fingerprint density at radius 1 is 1.16 bits per heavy atom. The van der Waals surface area contributed by atoms with Crippen LogP contribution < -0.4 is 5.73 Å². The van der Waals surface area contributed by atoms with Gasteiger partial charge < -0.3 is 20.1 Å². The first kappa shape index (κ1) is 19.2. The molecule has 1 aromatic carbocycles. The maximum Gasteiger partial charge on any atom is 0.404 e. The Bertz CT molecular complexity index is 557. The fourth-order valence-electron chi connectivity index (χ4n) is 2.81.